The number of hydrogen-bond acceptors (Lipinski definition) is 4. The van der Waals surface area contributed by atoms with Crippen LogP contribution in [0.15, 0.2) is 46.4 Å². The summed E-state index contributed by atoms with van der Waals surface area (Å²) in [6, 6.07) is 11.7. The van der Waals surface area contributed by atoms with E-state index >= 15 is 0 Å². The Labute approximate surface area is 108 Å². The molecule has 2 aromatic carbocycles. The lowest BCUT2D eigenvalue weighted by molar-refractivity contribution is 0.0128. The Hall–Kier alpha value is -2.30. The van der Waals surface area contributed by atoms with Gasteiger partial charge in [-0.15, -0.1) is 0 Å². The fraction of sp³-hybridized carbons (Fsp3) is 0.0667. The zero-order valence-electron chi connectivity index (χ0n) is 9.91. The standard InChI is InChI=1S/C15H10N2O2/c18-15(19)10-7-16-12-6-5-9-8-3-1-2-4-11(8)17-14(9)13(10)12/h1-7,15,18-19H. The Kier molecular flexibility index (Phi) is 2.01. The number of aliphatic hydroxyl groups excluding tert-OH is 1. The number of para-hydroxylation sites is 1. The zero-order chi connectivity index (χ0) is 13.0. The minimum atomic E-state index is -1.53. The Balaban J connectivity index is 2.17. The molecule has 0 aliphatic carbocycles. The van der Waals surface area contributed by atoms with E-state index in [9.17, 15) is 10.2 Å². The second-order valence-corrected chi connectivity index (χ2v) is 4.57. The van der Waals surface area contributed by atoms with Gasteiger partial charge in [0, 0.05) is 28.1 Å². The maximum absolute atomic E-state index is 9.43. The molecule has 0 aromatic heterocycles. The Morgan fingerprint density at radius 2 is 1.74 bits per heavy atom. The van der Waals surface area contributed by atoms with Gasteiger partial charge in [0.2, 0.25) is 0 Å². The molecule has 0 saturated heterocycles. The molecule has 2 aromatic rings. The minimum Gasteiger partial charge on any atom is -0.364 e. The first-order valence-electron chi connectivity index (χ1n) is 6.01. The molecule has 0 unspecified atom stereocenters. The number of nitrogens with zero attached hydrogens (tertiary/aromatic N) is 2. The van der Waals surface area contributed by atoms with E-state index in [1.54, 1.807) is 0 Å². The van der Waals surface area contributed by atoms with E-state index in [1.807, 2.05) is 36.4 Å². The Bertz CT molecular complexity index is 851. The summed E-state index contributed by atoms with van der Waals surface area (Å²) in [5.74, 6) is 0. The van der Waals surface area contributed by atoms with Crippen molar-refractivity contribution in [3.8, 4) is 11.1 Å². The molecular formula is C15H10N2O2. The van der Waals surface area contributed by atoms with E-state index in [1.165, 1.54) is 6.21 Å². The van der Waals surface area contributed by atoms with E-state index in [4.69, 9.17) is 0 Å². The smallest absolute Gasteiger partial charge is 0.180 e. The van der Waals surface area contributed by atoms with Crippen molar-refractivity contribution in [3.63, 3.8) is 0 Å². The van der Waals surface area contributed by atoms with Gasteiger partial charge in [-0.3, -0.25) is 4.99 Å². The number of fused-ring (bicyclic) bond motifs is 5. The van der Waals surface area contributed by atoms with E-state index < -0.39 is 6.29 Å². The molecule has 0 fully saturated rings. The van der Waals surface area contributed by atoms with Crippen LogP contribution < -0.4 is 10.6 Å². The Morgan fingerprint density at radius 3 is 2.58 bits per heavy atom. The van der Waals surface area contributed by atoms with Crippen molar-refractivity contribution < 1.29 is 10.2 Å². The molecule has 4 rings (SSSR count). The van der Waals surface area contributed by atoms with Crippen molar-refractivity contribution >= 4 is 23.2 Å². The maximum Gasteiger partial charge on any atom is 0.180 e. The molecule has 2 N–H and O–H groups in total. The fourth-order valence-corrected chi connectivity index (χ4v) is 2.62. The van der Waals surface area contributed by atoms with Crippen LogP contribution >= 0.6 is 0 Å². The average Bonchev–Trinajstić information content (AvgIpc) is 2.99. The summed E-state index contributed by atoms with van der Waals surface area (Å²) in [5.41, 5.74) is 4.13. The highest BCUT2D eigenvalue weighted by Gasteiger charge is 2.20. The van der Waals surface area contributed by atoms with Gasteiger partial charge in [0.25, 0.3) is 0 Å². The molecule has 92 valence electrons. The lowest BCUT2D eigenvalue weighted by Gasteiger charge is -2.02. The van der Waals surface area contributed by atoms with Gasteiger partial charge in [-0.2, -0.15) is 0 Å². The first-order valence-corrected chi connectivity index (χ1v) is 6.01. The topological polar surface area (TPSA) is 65.2 Å². The van der Waals surface area contributed by atoms with Gasteiger partial charge in [0.15, 0.2) is 6.29 Å². The largest absolute Gasteiger partial charge is 0.364 e. The third-order valence-electron chi connectivity index (χ3n) is 3.49. The third kappa shape index (κ3) is 1.35. The summed E-state index contributed by atoms with van der Waals surface area (Å²) < 4.78 is 0. The van der Waals surface area contributed by atoms with Gasteiger partial charge in [-0.1, -0.05) is 18.2 Å². The molecule has 4 heteroatoms. The molecular weight excluding hydrogens is 240 g/mol. The molecule has 0 atom stereocenters. The fourth-order valence-electron chi connectivity index (χ4n) is 2.62. The molecule has 0 amide bonds. The van der Waals surface area contributed by atoms with E-state index in [2.05, 4.69) is 9.98 Å². The van der Waals surface area contributed by atoms with Crippen molar-refractivity contribution in [1.29, 1.82) is 0 Å². The predicted octanol–water partition coefficient (Wildman–Crippen LogP) is 0.796. The van der Waals surface area contributed by atoms with Crippen LogP contribution in [0.2, 0.25) is 0 Å². The number of hydrogen-bond donors (Lipinski definition) is 2. The SMILES string of the molecule is OC(O)C1=c2c(ccc3c2=Nc2ccccc2-3)N=C1. The molecule has 0 spiro atoms. The minimum absolute atomic E-state index is 0.406. The molecule has 0 saturated carbocycles. The molecule has 2 aliphatic heterocycles. The molecule has 2 heterocycles. The first kappa shape index (κ1) is 10.6. The second-order valence-electron chi connectivity index (χ2n) is 4.57. The summed E-state index contributed by atoms with van der Waals surface area (Å²) in [7, 11) is 0. The van der Waals surface area contributed by atoms with Crippen molar-refractivity contribution in [3.05, 3.63) is 47.0 Å². The Morgan fingerprint density at radius 1 is 0.895 bits per heavy atom. The van der Waals surface area contributed by atoms with E-state index in [0.29, 0.717) is 5.57 Å². The summed E-state index contributed by atoms with van der Waals surface area (Å²) in [4.78, 5) is 8.80. The zero-order valence-corrected chi connectivity index (χ0v) is 9.91. The van der Waals surface area contributed by atoms with Crippen LogP contribution in [-0.4, -0.2) is 22.7 Å². The van der Waals surface area contributed by atoms with Gasteiger partial charge >= 0.3 is 0 Å². The third-order valence-corrected chi connectivity index (χ3v) is 3.49. The predicted molar refractivity (Wildman–Crippen MR) is 72.1 cm³/mol. The van der Waals surface area contributed by atoms with Gasteiger partial charge in [-0.25, -0.2) is 4.99 Å². The van der Waals surface area contributed by atoms with Gasteiger partial charge < -0.3 is 10.2 Å². The summed E-state index contributed by atoms with van der Waals surface area (Å²) in [6.07, 6.45) is -0.0379. The van der Waals surface area contributed by atoms with E-state index in [-0.39, 0.29) is 0 Å². The van der Waals surface area contributed by atoms with Crippen LogP contribution in [0.3, 0.4) is 0 Å². The molecule has 4 nitrogen and oxygen atoms in total. The van der Waals surface area contributed by atoms with E-state index in [0.717, 1.165) is 33.1 Å². The maximum atomic E-state index is 9.43. The van der Waals surface area contributed by atoms with Crippen LogP contribution in [0, 0.1) is 0 Å². The normalized spacial score (nSPS) is 14.4. The number of rotatable bonds is 1. The highest BCUT2D eigenvalue weighted by atomic mass is 16.5. The second kappa shape index (κ2) is 3.60. The van der Waals surface area contributed by atoms with Crippen molar-refractivity contribution in [1.82, 2.24) is 0 Å². The van der Waals surface area contributed by atoms with Crippen LogP contribution in [0.1, 0.15) is 0 Å². The summed E-state index contributed by atoms with van der Waals surface area (Å²) >= 11 is 0. The number of aliphatic imine (C=N–C) groups is 1. The van der Waals surface area contributed by atoms with Gasteiger partial charge in [0.05, 0.1) is 16.7 Å². The van der Waals surface area contributed by atoms with Gasteiger partial charge in [-0.05, 0) is 18.2 Å². The van der Waals surface area contributed by atoms with Crippen molar-refractivity contribution in [2.24, 2.45) is 9.98 Å². The lowest BCUT2D eigenvalue weighted by Crippen LogP contribution is -2.30. The first-order chi connectivity index (χ1) is 9.25. The van der Waals surface area contributed by atoms with Crippen LogP contribution in [0.4, 0.5) is 11.4 Å². The van der Waals surface area contributed by atoms with Crippen molar-refractivity contribution in [2.45, 2.75) is 6.29 Å². The van der Waals surface area contributed by atoms with Crippen LogP contribution in [0.5, 0.6) is 0 Å². The lowest BCUT2D eigenvalue weighted by atomic mass is 10.0. The molecule has 0 bridgehead atoms. The van der Waals surface area contributed by atoms with Crippen LogP contribution in [-0.2, 0) is 0 Å². The highest BCUT2D eigenvalue weighted by Crippen LogP contribution is 2.32. The molecule has 19 heavy (non-hydrogen) atoms. The average molecular weight is 250 g/mol. The number of benzene rings is 2. The quantitative estimate of drug-likeness (QED) is 0.627. The van der Waals surface area contributed by atoms with Gasteiger partial charge in [0.1, 0.15) is 0 Å². The molecule has 0 radical (unpaired) electrons. The van der Waals surface area contributed by atoms with Crippen LogP contribution in [0.25, 0.3) is 16.7 Å². The number of aliphatic hydroxyl groups is 2. The molecule has 2 aliphatic rings. The monoisotopic (exact) mass is 250 g/mol. The summed E-state index contributed by atoms with van der Waals surface area (Å²) in [5, 5.41) is 20.4. The highest BCUT2D eigenvalue weighted by molar-refractivity contribution is 6.08. The van der Waals surface area contributed by atoms with Crippen molar-refractivity contribution in [2.75, 3.05) is 0 Å². The summed E-state index contributed by atoms with van der Waals surface area (Å²) in [6.45, 7) is 0.